The minimum absolute atomic E-state index is 0.00602. The fraction of sp³-hybridized carbons (Fsp3) is 0.571. The van der Waals surface area contributed by atoms with Gasteiger partial charge in [0.1, 0.15) is 0 Å². The lowest BCUT2D eigenvalue weighted by atomic mass is 9.98. The summed E-state index contributed by atoms with van der Waals surface area (Å²) in [5.74, 6) is 0. The van der Waals surface area contributed by atoms with Crippen LogP contribution in [0.1, 0.15) is 32.1 Å². The number of ether oxygens (including phenoxy) is 1. The zero-order valence-electron chi connectivity index (χ0n) is 11.5. The van der Waals surface area contributed by atoms with Crippen molar-refractivity contribution in [2.45, 2.75) is 38.2 Å². The van der Waals surface area contributed by atoms with Gasteiger partial charge in [-0.3, -0.25) is 10.1 Å². The van der Waals surface area contributed by atoms with E-state index in [9.17, 15) is 10.1 Å². The molecule has 0 spiro atoms. The normalized spacial score (nSPS) is 16.0. The average Bonchev–Trinajstić information content (AvgIpc) is 2.46. The molecule has 1 aliphatic carbocycles. The van der Waals surface area contributed by atoms with Crippen molar-refractivity contribution < 1.29 is 9.66 Å². The predicted molar refractivity (Wildman–Crippen MR) is 78.8 cm³/mol. The van der Waals surface area contributed by atoms with Crippen LogP contribution in [0.3, 0.4) is 0 Å². The maximum Gasteiger partial charge on any atom is 0.271 e. The SMILES string of the molecule is Nc1cc([N+](=O)[O-])ccc1NCCOC1CCCCC1. The quantitative estimate of drug-likeness (QED) is 0.361. The molecule has 6 heteroatoms. The van der Waals surface area contributed by atoms with E-state index in [-0.39, 0.29) is 5.69 Å². The second-order valence-corrected chi connectivity index (χ2v) is 5.09. The molecule has 1 aromatic rings. The summed E-state index contributed by atoms with van der Waals surface area (Å²) in [6.07, 6.45) is 6.53. The zero-order chi connectivity index (χ0) is 14.4. The molecule has 1 aliphatic rings. The number of hydrogen-bond donors (Lipinski definition) is 2. The van der Waals surface area contributed by atoms with Crippen LogP contribution in [0.5, 0.6) is 0 Å². The summed E-state index contributed by atoms with van der Waals surface area (Å²) in [6, 6.07) is 4.44. The molecule has 0 radical (unpaired) electrons. The predicted octanol–water partition coefficient (Wildman–Crippen LogP) is 2.94. The third-order valence-corrected chi connectivity index (χ3v) is 3.57. The van der Waals surface area contributed by atoms with Gasteiger partial charge in [0.15, 0.2) is 0 Å². The molecule has 0 saturated heterocycles. The van der Waals surface area contributed by atoms with E-state index in [4.69, 9.17) is 10.5 Å². The number of nitrogens with zero attached hydrogens (tertiary/aromatic N) is 1. The number of benzene rings is 1. The van der Waals surface area contributed by atoms with Crippen molar-refractivity contribution in [3.8, 4) is 0 Å². The third-order valence-electron chi connectivity index (χ3n) is 3.57. The van der Waals surface area contributed by atoms with Gasteiger partial charge in [-0.15, -0.1) is 0 Å². The molecule has 0 amide bonds. The molecule has 110 valence electrons. The number of nitrogens with two attached hydrogens (primary N) is 1. The van der Waals surface area contributed by atoms with Gasteiger partial charge in [0.05, 0.1) is 29.0 Å². The molecule has 0 aliphatic heterocycles. The molecule has 0 atom stereocenters. The molecule has 1 saturated carbocycles. The Balaban J connectivity index is 1.74. The summed E-state index contributed by atoms with van der Waals surface area (Å²) in [5.41, 5.74) is 6.88. The highest BCUT2D eigenvalue weighted by molar-refractivity contribution is 5.69. The van der Waals surface area contributed by atoms with E-state index in [1.54, 1.807) is 6.07 Å². The van der Waals surface area contributed by atoms with Crippen LogP contribution in [-0.2, 0) is 4.74 Å². The van der Waals surface area contributed by atoms with Gasteiger partial charge in [-0.05, 0) is 18.9 Å². The first kappa shape index (κ1) is 14.6. The van der Waals surface area contributed by atoms with Crippen LogP contribution in [0.25, 0.3) is 0 Å². The van der Waals surface area contributed by atoms with E-state index < -0.39 is 4.92 Å². The van der Waals surface area contributed by atoms with E-state index in [0.29, 0.717) is 30.6 Å². The van der Waals surface area contributed by atoms with Gasteiger partial charge in [-0.2, -0.15) is 0 Å². The van der Waals surface area contributed by atoms with Crippen molar-refractivity contribution in [2.24, 2.45) is 0 Å². The van der Waals surface area contributed by atoms with E-state index in [0.717, 1.165) is 12.8 Å². The smallest absolute Gasteiger partial charge is 0.271 e. The number of non-ortho nitro benzene ring substituents is 1. The van der Waals surface area contributed by atoms with E-state index in [1.807, 2.05) is 0 Å². The van der Waals surface area contributed by atoms with Crippen molar-refractivity contribution in [1.82, 2.24) is 0 Å². The average molecular weight is 279 g/mol. The van der Waals surface area contributed by atoms with Gasteiger partial charge in [0.25, 0.3) is 5.69 Å². The van der Waals surface area contributed by atoms with Crippen LogP contribution in [-0.4, -0.2) is 24.2 Å². The monoisotopic (exact) mass is 279 g/mol. The van der Waals surface area contributed by atoms with Gasteiger partial charge >= 0.3 is 0 Å². The molecule has 0 bridgehead atoms. The van der Waals surface area contributed by atoms with Gasteiger partial charge in [0.2, 0.25) is 0 Å². The highest BCUT2D eigenvalue weighted by atomic mass is 16.6. The number of nitrogen functional groups attached to an aromatic ring is 1. The Morgan fingerprint density at radius 2 is 2.10 bits per heavy atom. The first-order valence-corrected chi connectivity index (χ1v) is 7.06. The summed E-state index contributed by atoms with van der Waals surface area (Å²) in [5, 5.41) is 13.8. The number of hydrogen-bond acceptors (Lipinski definition) is 5. The first-order chi connectivity index (χ1) is 9.66. The van der Waals surface area contributed by atoms with Crippen LogP contribution >= 0.6 is 0 Å². The topological polar surface area (TPSA) is 90.4 Å². The summed E-state index contributed by atoms with van der Waals surface area (Å²) in [6.45, 7) is 1.28. The van der Waals surface area contributed by atoms with Crippen LogP contribution < -0.4 is 11.1 Å². The highest BCUT2D eigenvalue weighted by Crippen LogP contribution is 2.24. The molecule has 6 nitrogen and oxygen atoms in total. The largest absolute Gasteiger partial charge is 0.397 e. The lowest BCUT2D eigenvalue weighted by Gasteiger charge is -2.22. The number of nitro benzene ring substituents is 1. The summed E-state index contributed by atoms with van der Waals surface area (Å²) in [7, 11) is 0. The molecular weight excluding hydrogens is 258 g/mol. The molecule has 1 aromatic carbocycles. The Morgan fingerprint density at radius 3 is 2.75 bits per heavy atom. The number of rotatable bonds is 6. The minimum atomic E-state index is -0.452. The minimum Gasteiger partial charge on any atom is -0.397 e. The van der Waals surface area contributed by atoms with Crippen LogP contribution in [0.4, 0.5) is 17.1 Å². The van der Waals surface area contributed by atoms with Crippen molar-refractivity contribution in [3.63, 3.8) is 0 Å². The van der Waals surface area contributed by atoms with E-state index >= 15 is 0 Å². The summed E-state index contributed by atoms with van der Waals surface area (Å²) < 4.78 is 5.79. The standard InChI is InChI=1S/C14H21N3O3/c15-13-10-11(17(18)19)6-7-14(13)16-8-9-20-12-4-2-1-3-5-12/h6-7,10,12,16H,1-5,8-9,15H2. The van der Waals surface area contributed by atoms with Gasteiger partial charge in [-0.1, -0.05) is 19.3 Å². The number of nitro groups is 1. The first-order valence-electron chi connectivity index (χ1n) is 7.06. The Morgan fingerprint density at radius 1 is 1.35 bits per heavy atom. The maximum absolute atomic E-state index is 10.6. The van der Waals surface area contributed by atoms with Gasteiger partial charge in [0, 0.05) is 18.7 Å². The molecule has 3 N–H and O–H groups in total. The second kappa shape index (κ2) is 7.09. The van der Waals surface area contributed by atoms with Crippen LogP contribution in [0.2, 0.25) is 0 Å². The highest BCUT2D eigenvalue weighted by Gasteiger charge is 2.13. The Labute approximate surface area is 118 Å². The van der Waals surface area contributed by atoms with Crippen LogP contribution in [0.15, 0.2) is 18.2 Å². The van der Waals surface area contributed by atoms with E-state index in [1.165, 1.54) is 31.4 Å². The molecular formula is C14H21N3O3. The summed E-state index contributed by atoms with van der Waals surface area (Å²) in [4.78, 5) is 10.2. The maximum atomic E-state index is 10.6. The fourth-order valence-electron chi connectivity index (χ4n) is 2.47. The second-order valence-electron chi connectivity index (χ2n) is 5.09. The molecule has 20 heavy (non-hydrogen) atoms. The van der Waals surface area contributed by atoms with Gasteiger partial charge in [-0.25, -0.2) is 0 Å². The van der Waals surface area contributed by atoms with Crippen molar-refractivity contribution in [3.05, 3.63) is 28.3 Å². The van der Waals surface area contributed by atoms with Crippen molar-refractivity contribution in [2.75, 3.05) is 24.2 Å². The molecule has 0 aromatic heterocycles. The fourth-order valence-corrected chi connectivity index (χ4v) is 2.47. The van der Waals surface area contributed by atoms with Gasteiger partial charge < -0.3 is 15.8 Å². The summed E-state index contributed by atoms with van der Waals surface area (Å²) >= 11 is 0. The number of anilines is 2. The van der Waals surface area contributed by atoms with Crippen molar-refractivity contribution in [1.29, 1.82) is 0 Å². The number of nitrogens with one attached hydrogen (secondary N) is 1. The lowest BCUT2D eigenvalue weighted by molar-refractivity contribution is -0.384. The Kier molecular flexibility index (Phi) is 5.17. The lowest BCUT2D eigenvalue weighted by Crippen LogP contribution is -2.20. The van der Waals surface area contributed by atoms with Crippen molar-refractivity contribution >= 4 is 17.1 Å². The zero-order valence-corrected chi connectivity index (χ0v) is 11.5. The Hall–Kier alpha value is -1.82. The molecule has 2 rings (SSSR count). The Bertz CT molecular complexity index is 459. The van der Waals surface area contributed by atoms with Crippen LogP contribution in [0, 0.1) is 10.1 Å². The molecule has 1 fully saturated rings. The molecule has 0 heterocycles. The van der Waals surface area contributed by atoms with E-state index in [2.05, 4.69) is 5.32 Å². The molecule has 0 unspecified atom stereocenters. The third kappa shape index (κ3) is 4.09.